The van der Waals surface area contributed by atoms with Crippen LogP contribution >= 0.6 is 0 Å². The van der Waals surface area contributed by atoms with Crippen molar-refractivity contribution < 1.29 is 13.2 Å². The molecule has 1 fully saturated rings. The fourth-order valence-electron chi connectivity index (χ4n) is 1.99. The minimum atomic E-state index is -3.77. The molecule has 1 aliphatic carbocycles. The zero-order chi connectivity index (χ0) is 14.2. The highest BCUT2D eigenvalue weighted by Crippen LogP contribution is 2.29. The van der Waals surface area contributed by atoms with Gasteiger partial charge in [-0.2, -0.15) is 0 Å². The van der Waals surface area contributed by atoms with Crippen LogP contribution in [0.15, 0.2) is 17.2 Å². The van der Waals surface area contributed by atoms with Crippen molar-refractivity contribution >= 4 is 15.9 Å². The zero-order valence-electron chi connectivity index (χ0n) is 11.1. The molecule has 0 unspecified atom stereocenters. The number of amides is 1. The van der Waals surface area contributed by atoms with Gasteiger partial charge in [0.05, 0.1) is 4.90 Å². The van der Waals surface area contributed by atoms with E-state index in [4.69, 9.17) is 5.14 Å². The smallest absolute Gasteiger partial charge is 0.270 e. The molecular weight excluding hydrogens is 266 g/mol. The standard InChI is InChI=1S/C12H19N3O3S/c1-8(2)7-15(9-3-4-9)12(16)11-5-10(6-14-11)19(13,17)18/h5-6,8-9,14H,3-4,7H2,1-2H3,(H2,13,17,18). The summed E-state index contributed by atoms with van der Waals surface area (Å²) < 4.78 is 22.4. The molecule has 1 amide bonds. The predicted octanol–water partition coefficient (Wildman–Crippen LogP) is 0.923. The maximum Gasteiger partial charge on any atom is 0.270 e. The molecule has 1 aromatic rings. The summed E-state index contributed by atoms with van der Waals surface area (Å²) >= 11 is 0. The molecule has 1 heterocycles. The SMILES string of the molecule is CC(C)CN(C(=O)c1cc(S(N)(=O)=O)c[nH]1)C1CC1. The molecule has 1 aliphatic rings. The number of carbonyl (C=O) groups excluding carboxylic acids is 1. The first-order valence-corrected chi connectivity index (χ1v) is 7.86. The van der Waals surface area contributed by atoms with Crippen molar-refractivity contribution in [3.8, 4) is 0 Å². The number of sulfonamides is 1. The van der Waals surface area contributed by atoms with E-state index in [0.717, 1.165) is 12.8 Å². The second-order valence-corrected chi connectivity index (χ2v) is 6.94. The molecule has 6 nitrogen and oxygen atoms in total. The Labute approximate surface area is 113 Å². The number of nitrogens with zero attached hydrogens (tertiary/aromatic N) is 1. The van der Waals surface area contributed by atoms with Crippen molar-refractivity contribution in [3.05, 3.63) is 18.0 Å². The molecule has 0 bridgehead atoms. The van der Waals surface area contributed by atoms with E-state index in [1.165, 1.54) is 12.3 Å². The molecule has 19 heavy (non-hydrogen) atoms. The number of aromatic nitrogens is 1. The molecule has 0 saturated heterocycles. The maximum absolute atomic E-state index is 12.4. The Hall–Kier alpha value is -1.34. The van der Waals surface area contributed by atoms with Crippen LogP contribution in [0, 0.1) is 5.92 Å². The first-order chi connectivity index (χ1) is 8.79. The van der Waals surface area contributed by atoms with Crippen LogP contribution in [0.4, 0.5) is 0 Å². The lowest BCUT2D eigenvalue weighted by Gasteiger charge is -2.23. The second kappa shape index (κ2) is 4.97. The molecule has 3 N–H and O–H groups in total. The monoisotopic (exact) mass is 285 g/mol. The summed E-state index contributed by atoms with van der Waals surface area (Å²) in [5.41, 5.74) is 0.275. The molecule has 0 aromatic carbocycles. The molecule has 1 aromatic heterocycles. The summed E-state index contributed by atoms with van der Waals surface area (Å²) in [5.74, 6) is 0.211. The van der Waals surface area contributed by atoms with Gasteiger partial charge in [0.2, 0.25) is 10.0 Å². The number of H-pyrrole nitrogens is 1. The third kappa shape index (κ3) is 3.36. The van der Waals surface area contributed by atoms with E-state index in [-0.39, 0.29) is 22.5 Å². The number of rotatable bonds is 5. The minimum Gasteiger partial charge on any atom is -0.356 e. The van der Waals surface area contributed by atoms with Crippen LogP contribution in [-0.4, -0.2) is 36.8 Å². The van der Waals surface area contributed by atoms with E-state index < -0.39 is 10.0 Å². The van der Waals surface area contributed by atoms with Crippen LogP contribution in [-0.2, 0) is 10.0 Å². The van der Waals surface area contributed by atoms with E-state index in [9.17, 15) is 13.2 Å². The summed E-state index contributed by atoms with van der Waals surface area (Å²) in [6.45, 7) is 4.77. The van der Waals surface area contributed by atoms with Crippen LogP contribution in [0.25, 0.3) is 0 Å². The molecule has 0 radical (unpaired) electrons. The third-order valence-electron chi connectivity index (χ3n) is 3.03. The highest BCUT2D eigenvalue weighted by atomic mass is 32.2. The second-order valence-electron chi connectivity index (χ2n) is 5.38. The number of hydrogen-bond donors (Lipinski definition) is 2. The Kier molecular flexibility index (Phi) is 3.69. The summed E-state index contributed by atoms with van der Waals surface area (Å²) in [4.78, 5) is 16.8. The van der Waals surface area contributed by atoms with E-state index >= 15 is 0 Å². The Morgan fingerprint density at radius 2 is 2.16 bits per heavy atom. The van der Waals surface area contributed by atoms with Gasteiger partial charge >= 0.3 is 0 Å². The Bertz CT molecular complexity index is 573. The van der Waals surface area contributed by atoms with E-state index in [0.29, 0.717) is 12.5 Å². The molecule has 1 saturated carbocycles. The molecule has 0 atom stereocenters. The van der Waals surface area contributed by atoms with Gasteiger partial charge < -0.3 is 9.88 Å². The van der Waals surface area contributed by atoms with Gasteiger partial charge in [0, 0.05) is 18.8 Å². The lowest BCUT2D eigenvalue weighted by Crippen LogP contribution is -2.36. The minimum absolute atomic E-state index is 0.0591. The highest BCUT2D eigenvalue weighted by molar-refractivity contribution is 7.89. The topological polar surface area (TPSA) is 96.3 Å². The van der Waals surface area contributed by atoms with Crippen molar-refractivity contribution in [1.82, 2.24) is 9.88 Å². The van der Waals surface area contributed by atoms with Crippen LogP contribution < -0.4 is 5.14 Å². The quantitative estimate of drug-likeness (QED) is 0.842. The molecule has 106 valence electrons. The number of carbonyl (C=O) groups is 1. The first kappa shape index (κ1) is 14.1. The fourth-order valence-corrected chi connectivity index (χ4v) is 2.50. The summed E-state index contributed by atoms with van der Waals surface area (Å²) in [6, 6.07) is 1.59. The van der Waals surface area contributed by atoms with Gasteiger partial charge in [-0.25, -0.2) is 13.6 Å². The molecule has 7 heteroatoms. The van der Waals surface area contributed by atoms with Crippen LogP contribution in [0.2, 0.25) is 0 Å². The van der Waals surface area contributed by atoms with Crippen molar-refractivity contribution in [2.45, 2.75) is 37.6 Å². The van der Waals surface area contributed by atoms with Gasteiger partial charge in [-0.3, -0.25) is 4.79 Å². The molecule has 0 spiro atoms. The Balaban J connectivity index is 2.20. The molecular formula is C12H19N3O3S. The molecule has 2 rings (SSSR count). The van der Waals surface area contributed by atoms with Crippen molar-refractivity contribution in [2.75, 3.05) is 6.54 Å². The third-order valence-corrected chi connectivity index (χ3v) is 3.92. The lowest BCUT2D eigenvalue weighted by atomic mass is 10.2. The first-order valence-electron chi connectivity index (χ1n) is 6.31. The normalized spacial score (nSPS) is 15.8. The van der Waals surface area contributed by atoms with Gasteiger partial charge in [0.25, 0.3) is 5.91 Å². The highest BCUT2D eigenvalue weighted by Gasteiger charge is 2.34. The largest absolute Gasteiger partial charge is 0.356 e. The van der Waals surface area contributed by atoms with Crippen LogP contribution in [0.3, 0.4) is 0 Å². The maximum atomic E-state index is 12.4. The number of nitrogens with one attached hydrogen (secondary N) is 1. The summed E-state index contributed by atoms with van der Waals surface area (Å²) in [7, 11) is -3.77. The summed E-state index contributed by atoms with van der Waals surface area (Å²) in [6.07, 6.45) is 3.28. The van der Waals surface area contributed by atoms with E-state index in [1.807, 2.05) is 18.7 Å². The average molecular weight is 285 g/mol. The van der Waals surface area contributed by atoms with Gasteiger partial charge in [-0.15, -0.1) is 0 Å². The van der Waals surface area contributed by atoms with Crippen molar-refractivity contribution in [2.24, 2.45) is 11.1 Å². The van der Waals surface area contributed by atoms with E-state index in [2.05, 4.69) is 4.98 Å². The van der Waals surface area contributed by atoms with E-state index in [1.54, 1.807) is 0 Å². The van der Waals surface area contributed by atoms with Gasteiger partial charge in [0.1, 0.15) is 5.69 Å². The fraction of sp³-hybridized carbons (Fsp3) is 0.583. The van der Waals surface area contributed by atoms with Crippen LogP contribution in [0.1, 0.15) is 37.2 Å². The average Bonchev–Trinajstić information content (AvgIpc) is 2.99. The number of aromatic amines is 1. The van der Waals surface area contributed by atoms with Gasteiger partial charge in [-0.05, 0) is 24.8 Å². The van der Waals surface area contributed by atoms with Gasteiger partial charge in [-0.1, -0.05) is 13.8 Å². The summed E-state index contributed by atoms with van der Waals surface area (Å²) in [5, 5.41) is 5.03. The van der Waals surface area contributed by atoms with Crippen molar-refractivity contribution in [1.29, 1.82) is 0 Å². The van der Waals surface area contributed by atoms with Crippen molar-refractivity contribution in [3.63, 3.8) is 0 Å². The Morgan fingerprint density at radius 3 is 2.58 bits per heavy atom. The number of primary sulfonamides is 1. The Morgan fingerprint density at radius 1 is 1.53 bits per heavy atom. The predicted molar refractivity (Wildman–Crippen MR) is 71.1 cm³/mol. The zero-order valence-corrected chi connectivity index (χ0v) is 11.9. The van der Waals surface area contributed by atoms with Crippen LogP contribution in [0.5, 0.6) is 0 Å². The molecule has 0 aliphatic heterocycles. The van der Waals surface area contributed by atoms with Gasteiger partial charge in [0.15, 0.2) is 0 Å². The number of hydrogen-bond acceptors (Lipinski definition) is 3. The number of nitrogens with two attached hydrogens (primary N) is 1. The lowest BCUT2D eigenvalue weighted by molar-refractivity contribution is 0.0717.